The first kappa shape index (κ1) is 8.49. The lowest BCUT2D eigenvalue weighted by molar-refractivity contribution is 0.591. The van der Waals surface area contributed by atoms with Crippen LogP contribution in [0, 0.1) is 6.92 Å². The van der Waals surface area contributed by atoms with E-state index in [9.17, 15) is 0 Å². The van der Waals surface area contributed by atoms with Crippen molar-refractivity contribution in [2.75, 3.05) is 5.73 Å². The number of thiazole rings is 1. The van der Waals surface area contributed by atoms with E-state index < -0.39 is 0 Å². The summed E-state index contributed by atoms with van der Waals surface area (Å²) in [5.41, 5.74) is 7.28. The average molecular weight is 220 g/mol. The van der Waals surface area contributed by atoms with E-state index in [1.165, 1.54) is 0 Å². The highest BCUT2D eigenvalue weighted by Crippen LogP contribution is 2.27. The van der Waals surface area contributed by atoms with Gasteiger partial charge in [-0.1, -0.05) is 0 Å². The molecule has 5 nitrogen and oxygen atoms in total. The molecule has 0 bridgehead atoms. The third-order valence-corrected chi connectivity index (χ3v) is 2.95. The van der Waals surface area contributed by atoms with Crippen LogP contribution in [0.3, 0.4) is 0 Å². The molecular weight excluding hydrogens is 212 g/mol. The standard InChI is InChI=1S/C9H8N4OS/c1-5-7(6-4-11-8(10)14-6)13-2-3-15-9(13)12-5/h2-4H,1H3,(H2,10,11). The molecule has 76 valence electrons. The van der Waals surface area contributed by atoms with Gasteiger partial charge in [0.1, 0.15) is 5.69 Å². The molecule has 6 heteroatoms. The molecule has 0 radical (unpaired) electrons. The fourth-order valence-electron chi connectivity index (χ4n) is 1.59. The largest absolute Gasteiger partial charge is 0.422 e. The summed E-state index contributed by atoms with van der Waals surface area (Å²) < 4.78 is 7.27. The van der Waals surface area contributed by atoms with Gasteiger partial charge in [0.05, 0.1) is 11.9 Å². The number of nitrogen functional groups attached to an aromatic ring is 1. The van der Waals surface area contributed by atoms with E-state index in [0.29, 0.717) is 5.76 Å². The highest BCUT2D eigenvalue weighted by atomic mass is 32.1. The molecule has 0 aromatic carbocycles. The van der Waals surface area contributed by atoms with Crippen LogP contribution < -0.4 is 5.73 Å². The van der Waals surface area contributed by atoms with Crippen molar-refractivity contribution in [3.05, 3.63) is 23.5 Å². The number of anilines is 1. The van der Waals surface area contributed by atoms with E-state index in [4.69, 9.17) is 10.2 Å². The van der Waals surface area contributed by atoms with Crippen molar-refractivity contribution in [1.82, 2.24) is 14.4 Å². The minimum absolute atomic E-state index is 0.176. The summed E-state index contributed by atoms with van der Waals surface area (Å²) in [6.45, 7) is 1.94. The van der Waals surface area contributed by atoms with Gasteiger partial charge < -0.3 is 10.2 Å². The molecule has 0 saturated heterocycles. The molecule has 0 unspecified atom stereocenters. The van der Waals surface area contributed by atoms with E-state index in [1.807, 2.05) is 22.9 Å². The number of rotatable bonds is 1. The van der Waals surface area contributed by atoms with E-state index in [0.717, 1.165) is 16.3 Å². The van der Waals surface area contributed by atoms with Gasteiger partial charge in [0.25, 0.3) is 6.01 Å². The number of nitrogens with zero attached hydrogens (tertiary/aromatic N) is 3. The van der Waals surface area contributed by atoms with Crippen LogP contribution >= 0.6 is 11.3 Å². The van der Waals surface area contributed by atoms with Gasteiger partial charge in [-0.15, -0.1) is 11.3 Å². The molecule has 0 spiro atoms. The molecule has 3 aromatic heterocycles. The molecule has 0 atom stereocenters. The maximum Gasteiger partial charge on any atom is 0.292 e. The normalized spacial score (nSPS) is 11.3. The smallest absolute Gasteiger partial charge is 0.292 e. The van der Waals surface area contributed by atoms with Crippen molar-refractivity contribution in [3.8, 4) is 11.5 Å². The SMILES string of the molecule is Cc1nc2sccn2c1-c1cnc(N)o1. The Bertz CT molecular complexity index is 621. The Hall–Kier alpha value is -1.82. The fraction of sp³-hybridized carbons (Fsp3) is 0.111. The second kappa shape index (κ2) is 2.83. The molecule has 2 N–H and O–H groups in total. The number of imidazole rings is 1. The number of oxazole rings is 1. The predicted molar refractivity (Wildman–Crippen MR) is 57.7 cm³/mol. The number of hydrogen-bond donors (Lipinski definition) is 1. The van der Waals surface area contributed by atoms with Gasteiger partial charge >= 0.3 is 0 Å². The number of nitrogens with two attached hydrogens (primary N) is 1. The van der Waals surface area contributed by atoms with Crippen LogP contribution in [0.25, 0.3) is 16.4 Å². The summed E-state index contributed by atoms with van der Waals surface area (Å²) in [7, 11) is 0. The highest BCUT2D eigenvalue weighted by Gasteiger charge is 2.15. The number of aryl methyl sites for hydroxylation is 1. The maximum atomic E-state index is 5.45. The zero-order valence-electron chi connectivity index (χ0n) is 7.97. The van der Waals surface area contributed by atoms with E-state index in [2.05, 4.69) is 9.97 Å². The van der Waals surface area contributed by atoms with Crippen LogP contribution in [0.2, 0.25) is 0 Å². The Balaban J connectivity index is 2.33. The topological polar surface area (TPSA) is 69.3 Å². The quantitative estimate of drug-likeness (QED) is 0.680. The first-order valence-electron chi connectivity index (χ1n) is 4.39. The summed E-state index contributed by atoms with van der Waals surface area (Å²) in [5.74, 6) is 0.649. The van der Waals surface area contributed by atoms with Crippen LogP contribution in [0.15, 0.2) is 22.2 Å². The summed E-state index contributed by atoms with van der Waals surface area (Å²) in [6, 6.07) is 0.176. The molecule has 0 aliphatic rings. The van der Waals surface area contributed by atoms with Gasteiger partial charge in [0.2, 0.25) is 0 Å². The first-order valence-corrected chi connectivity index (χ1v) is 5.27. The average Bonchev–Trinajstić information content (AvgIpc) is 2.81. The molecule has 3 rings (SSSR count). The molecule has 0 aliphatic carbocycles. The van der Waals surface area contributed by atoms with Crippen molar-refractivity contribution in [2.45, 2.75) is 6.92 Å². The number of aromatic nitrogens is 3. The summed E-state index contributed by atoms with van der Waals surface area (Å²) in [5, 5.41) is 1.98. The van der Waals surface area contributed by atoms with Gasteiger partial charge in [-0.25, -0.2) is 9.97 Å². The van der Waals surface area contributed by atoms with Crippen LogP contribution in [0.5, 0.6) is 0 Å². The predicted octanol–water partition coefficient (Wildman–Crippen LogP) is 1.94. The van der Waals surface area contributed by atoms with Crippen LogP contribution in [0.1, 0.15) is 5.69 Å². The molecule has 0 aliphatic heterocycles. The lowest BCUT2D eigenvalue weighted by atomic mass is 10.3. The molecule has 3 aromatic rings. The zero-order chi connectivity index (χ0) is 10.4. The minimum atomic E-state index is 0.176. The third-order valence-electron chi connectivity index (χ3n) is 2.19. The van der Waals surface area contributed by atoms with Crippen molar-refractivity contribution >= 4 is 22.3 Å². The van der Waals surface area contributed by atoms with E-state index in [1.54, 1.807) is 17.5 Å². The first-order chi connectivity index (χ1) is 7.25. The molecule has 3 heterocycles. The van der Waals surface area contributed by atoms with Crippen LogP contribution in [-0.2, 0) is 0 Å². The Kier molecular flexibility index (Phi) is 1.60. The highest BCUT2D eigenvalue weighted by molar-refractivity contribution is 7.15. The van der Waals surface area contributed by atoms with Gasteiger partial charge in [-0.05, 0) is 6.92 Å². The van der Waals surface area contributed by atoms with Gasteiger partial charge in [-0.2, -0.15) is 0 Å². The maximum absolute atomic E-state index is 5.45. The lowest BCUT2D eigenvalue weighted by Crippen LogP contribution is -1.84. The molecular formula is C9H8N4OS. The van der Waals surface area contributed by atoms with Crippen molar-refractivity contribution in [2.24, 2.45) is 0 Å². The summed E-state index contributed by atoms with van der Waals surface area (Å²) in [6.07, 6.45) is 3.57. The van der Waals surface area contributed by atoms with Gasteiger partial charge in [-0.3, -0.25) is 4.40 Å². The number of fused-ring (bicyclic) bond motifs is 1. The monoisotopic (exact) mass is 220 g/mol. The Morgan fingerprint density at radius 1 is 1.53 bits per heavy atom. The van der Waals surface area contributed by atoms with Crippen LogP contribution in [-0.4, -0.2) is 14.4 Å². The second-order valence-electron chi connectivity index (χ2n) is 3.16. The van der Waals surface area contributed by atoms with E-state index in [-0.39, 0.29) is 6.01 Å². The van der Waals surface area contributed by atoms with Crippen LogP contribution in [0.4, 0.5) is 6.01 Å². The lowest BCUT2D eigenvalue weighted by Gasteiger charge is -1.94. The van der Waals surface area contributed by atoms with Crippen molar-refractivity contribution in [1.29, 1.82) is 0 Å². The minimum Gasteiger partial charge on any atom is -0.422 e. The Morgan fingerprint density at radius 3 is 3.13 bits per heavy atom. The second-order valence-corrected chi connectivity index (χ2v) is 4.04. The van der Waals surface area contributed by atoms with Gasteiger partial charge in [0, 0.05) is 11.6 Å². The Labute approximate surface area is 89.2 Å². The fourth-order valence-corrected chi connectivity index (χ4v) is 2.35. The van der Waals surface area contributed by atoms with Gasteiger partial charge in [0.15, 0.2) is 10.7 Å². The Morgan fingerprint density at radius 2 is 2.40 bits per heavy atom. The third kappa shape index (κ3) is 1.15. The molecule has 0 amide bonds. The summed E-state index contributed by atoms with van der Waals surface area (Å²) >= 11 is 1.58. The molecule has 0 saturated carbocycles. The summed E-state index contributed by atoms with van der Waals surface area (Å²) in [4.78, 5) is 9.23. The number of hydrogen-bond acceptors (Lipinski definition) is 5. The molecule has 0 fully saturated rings. The van der Waals surface area contributed by atoms with E-state index >= 15 is 0 Å². The van der Waals surface area contributed by atoms with Crippen molar-refractivity contribution in [3.63, 3.8) is 0 Å². The van der Waals surface area contributed by atoms with Crippen molar-refractivity contribution < 1.29 is 4.42 Å². The molecule has 15 heavy (non-hydrogen) atoms. The zero-order valence-corrected chi connectivity index (χ0v) is 8.78.